The van der Waals surface area contributed by atoms with Gasteiger partial charge in [0.2, 0.25) is 5.91 Å². The van der Waals surface area contributed by atoms with Crippen LogP contribution in [0.25, 0.3) is 11.1 Å². The molecule has 0 fully saturated rings. The van der Waals surface area contributed by atoms with Gasteiger partial charge in [0.15, 0.2) is 0 Å². The van der Waals surface area contributed by atoms with Gasteiger partial charge in [-0.15, -0.1) is 11.8 Å². The minimum Gasteiger partial charge on any atom is -0.358 e. The van der Waals surface area contributed by atoms with Gasteiger partial charge in [-0.2, -0.15) is 0 Å². The zero-order valence-corrected chi connectivity index (χ0v) is 12.9. The molecule has 0 aliphatic rings. The lowest BCUT2D eigenvalue weighted by Crippen LogP contribution is -2.20. The van der Waals surface area contributed by atoms with E-state index >= 15 is 0 Å². The van der Waals surface area contributed by atoms with Crippen molar-refractivity contribution >= 4 is 17.7 Å². The van der Waals surface area contributed by atoms with Crippen LogP contribution >= 0.6 is 11.8 Å². The van der Waals surface area contributed by atoms with Crippen LogP contribution < -0.4 is 5.32 Å². The lowest BCUT2D eigenvalue weighted by molar-refractivity contribution is -0.118. The van der Waals surface area contributed by atoms with Crippen molar-refractivity contribution < 1.29 is 9.18 Å². The second-order valence-corrected chi connectivity index (χ2v) is 6.06. The van der Waals surface area contributed by atoms with Crippen LogP contribution in [0.15, 0.2) is 48.5 Å². The Bertz CT molecular complexity index is 612. The molecule has 1 unspecified atom stereocenters. The molecule has 0 aliphatic heterocycles. The van der Waals surface area contributed by atoms with Gasteiger partial charge >= 0.3 is 0 Å². The summed E-state index contributed by atoms with van der Waals surface area (Å²) in [5.41, 5.74) is 2.60. The number of amides is 1. The Kier molecular flexibility index (Phi) is 5.39. The predicted molar refractivity (Wildman–Crippen MR) is 86.8 cm³/mol. The second-order valence-electron chi connectivity index (χ2n) is 4.73. The molecule has 21 heavy (non-hydrogen) atoms. The van der Waals surface area contributed by atoms with Crippen LogP contribution in [0.1, 0.15) is 17.7 Å². The van der Waals surface area contributed by atoms with Gasteiger partial charge < -0.3 is 5.32 Å². The normalized spacial score (nSPS) is 12.0. The fourth-order valence-corrected chi connectivity index (χ4v) is 2.89. The number of halogens is 1. The van der Waals surface area contributed by atoms with Crippen LogP contribution in [0.4, 0.5) is 4.39 Å². The van der Waals surface area contributed by atoms with Crippen molar-refractivity contribution in [2.75, 3.05) is 12.8 Å². The van der Waals surface area contributed by atoms with Gasteiger partial charge in [-0.1, -0.05) is 42.5 Å². The van der Waals surface area contributed by atoms with Gasteiger partial charge in [0.1, 0.15) is 5.82 Å². The Morgan fingerprint density at radius 2 is 1.86 bits per heavy atom. The molecule has 0 heterocycles. The molecule has 2 aromatic carbocycles. The third kappa shape index (κ3) is 4.08. The van der Waals surface area contributed by atoms with Gasteiger partial charge in [0, 0.05) is 17.9 Å². The maximum absolute atomic E-state index is 13.7. The topological polar surface area (TPSA) is 29.1 Å². The van der Waals surface area contributed by atoms with Gasteiger partial charge in [-0.05, 0) is 24.1 Å². The Morgan fingerprint density at radius 1 is 1.19 bits per heavy atom. The Hall–Kier alpha value is -1.81. The molecule has 0 radical (unpaired) electrons. The van der Waals surface area contributed by atoms with Crippen LogP contribution in [0.2, 0.25) is 0 Å². The zero-order valence-electron chi connectivity index (χ0n) is 12.1. The van der Waals surface area contributed by atoms with E-state index in [2.05, 4.69) is 12.2 Å². The summed E-state index contributed by atoms with van der Waals surface area (Å²) in [6, 6.07) is 14.6. The van der Waals surface area contributed by atoms with E-state index < -0.39 is 0 Å². The van der Waals surface area contributed by atoms with E-state index in [1.165, 1.54) is 6.07 Å². The summed E-state index contributed by atoms with van der Waals surface area (Å²) < 4.78 is 13.7. The van der Waals surface area contributed by atoms with E-state index in [0.29, 0.717) is 11.3 Å². The van der Waals surface area contributed by atoms with Crippen LogP contribution in [0, 0.1) is 5.82 Å². The molecule has 2 aromatic rings. The molecule has 0 saturated heterocycles. The molecule has 2 rings (SSSR count). The smallest absolute Gasteiger partial charge is 0.229 e. The molecule has 0 saturated carbocycles. The molecule has 0 bridgehead atoms. The predicted octanol–water partition coefficient (Wildman–Crippen LogP) is 4.03. The fourth-order valence-electron chi connectivity index (χ4n) is 2.00. The molecular formula is C17H18FNOS. The summed E-state index contributed by atoms with van der Waals surface area (Å²) in [4.78, 5) is 11.3. The van der Waals surface area contributed by atoms with Crippen molar-refractivity contribution in [3.05, 3.63) is 59.9 Å². The van der Waals surface area contributed by atoms with Gasteiger partial charge in [-0.3, -0.25) is 4.79 Å². The number of benzene rings is 2. The van der Waals surface area contributed by atoms with Gasteiger partial charge in [0.05, 0.1) is 5.75 Å². The van der Waals surface area contributed by atoms with Crippen molar-refractivity contribution in [3.63, 3.8) is 0 Å². The molecule has 1 atom stereocenters. The largest absolute Gasteiger partial charge is 0.358 e. The summed E-state index contributed by atoms with van der Waals surface area (Å²) >= 11 is 1.58. The Morgan fingerprint density at radius 3 is 2.48 bits per heavy atom. The molecule has 0 aromatic heterocycles. The molecule has 110 valence electrons. The third-order valence-corrected chi connectivity index (χ3v) is 4.51. The SMILES string of the molecule is CNC(=O)CSC(C)c1ccc(-c2ccccc2F)cc1. The van der Waals surface area contributed by atoms with Crippen molar-refractivity contribution in [2.45, 2.75) is 12.2 Å². The van der Waals surface area contributed by atoms with Crippen molar-refractivity contribution in [1.29, 1.82) is 0 Å². The first-order valence-corrected chi connectivity index (χ1v) is 7.83. The summed E-state index contributed by atoms with van der Waals surface area (Å²) in [5, 5.41) is 2.83. The third-order valence-electron chi connectivity index (χ3n) is 3.31. The highest BCUT2D eigenvalue weighted by Crippen LogP contribution is 2.30. The second kappa shape index (κ2) is 7.27. The maximum atomic E-state index is 13.7. The molecule has 1 amide bonds. The first-order valence-electron chi connectivity index (χ1n) is 6.79. The number of hydrogen-bond donors (Lipinski definition) is 1. The molecule has 0 spiro atoms. The number of hydrogen-bond acceptors (Lipinski definition) is 2. The first-order chi connectivity index (χ1) is 10.1. The van der Waals surface area contributed by atoms with E-state index in [1.54, 1.807) is 30.9 Å². The highest BCUT2D eigenvalue weighted by molar-refractivity contribution is 8.00. The van der Waals surface area contributed by atoms with Crippen LogP contribution in [0.5, 0.6) is 0 Å². The number of rotatable bonds is 5. The lowest BCUT2D eigenvalue weighted by Gasteiger charge is -2.12. The molecule has 2 nitrogen and oxygen atoms in total. The zero-order chi connectivity index (χ0) is 15.2. The fraction of sp³-hybridized carbons (Fsp3) is 0.235. The van der Waals surface area contributed by atoms with E-state index in [0.717, 1.165) is 11.1 Å². The highest BCUT2D eigenvalue weighted by Gasteiger charge is 2.09. The molecule has 4 heteroatoms. The average molecular weight is 303 g/mol. The quantitative estimate of drug-likeness (QED) is 0.903. The van der Waals surface area contributed by atoms with Crippen molar-refractivity contribution in [2.24, 2.45) is 0 Å². The summed E-state index contributed by atoms with van der Waals surface area (Å²) in [7, 11) is 1.64. The van der Waals surface area contributed by atoms with Crippen molar-refractivity contribution in [1.82, 2.24) is 5.32 Å². The van der Waals surface area contributed by atoms with Crippen molar-refractivity contribution in [3.8, 4) is 11.1 Å². The number of nitrogens with one attached hydrogen (secondary N) is 1. The summed E-state index contributed by atoms with van der Waals surface area (Å²) in [6.45, 7) is 2.06. The number of carbonyl (C=O) groups is 1. The Balaban J connectivity index is 2.08. The van der Waals surface area contributed by atoms with Gasteiger partial charge in [-0.25, -0.2) is 4.39 Å². The number of carbonyl (C=O) groups excluding carboxylic acids is 1. The minimum absolute atomic E-state index is 0.0230. The maximum Gasteiger partial charge on any atom is 0.229 e. The van der Waals surface area contributed by atoms with Gasteiger partial charge in [0.25, 0.3) is 0 Å². The van der Waals surface area contributed by atoms with E-state index in [4.69, 9.17) is 0 Å². The standard InChI is InChI=1S/C17H18FNOS/c1-12(21-11-17(20)19-2)13-7-9-14(10-8-13)15-5-3-4-6-16(15)18/h3-10,12H,11H2,1-2H3,(H,19,20). The molecular weight excluding hydrogens is 285 g/mol. The lowest BCUT2D eigenvalue weighted by atomic mass is 10.0. The van der Waals surface area contributed by atoms with Crippen LogP contribution in [0.3, 0.4) is 0 Å². The monoisotopic (exact) mass is 303 g/mol. The summed E-state index contributed by atoms with van der Waals surface area (Å²) in [6.07, 6.45) is 0. The van der Waals surface area contributed by atoms with Crippen LogP contribution in [-0.4, -0.2) is 18.7 Å². The number of thioether (sulfide) groups is 1. The van der Waals surface area contributed by atoms with Crippen LogP contribution in [-0.2, 0) is 4.79 Å². The average Bonchev–Trinajstić information content (AvgIpc) is 2.53. The van der Waals surface area contributed by atoms with E-state index in [9.17, 15) is 9.18 Å². The molecule has 1 N–H and O–H groups in total. The molecule has 0 aliphatic carbocycles. The minimum atomic E-state index is -0.215. The summed E-state index contributed by atoms with van der Waals surface area (Å²) in [5.74, 6) is 0.245. The highest BCUT2D eigenvalue weighted by atomic mass is 32.2. The van der Waals surface area contributed by atoms with E-state index in [-0.39, 0.29) is 17.0 Å². The van der Waals surface area contributed by atoms with E-state index in [1.807, 2.05) is 30.3 Å². The first kappa shape index (κ1) is 15.6. The Labute approximate surface area is 128 Å².